The van der Waals surface area contributed by atoms with E-state index >= 15 is 0 Å². The molecule has 0 atom stereocenters. The fraction of sp³-hybridized carbons (Fsp3) is 0.154. The highest BCUT2D eigenvalue weighted by Gasteiger charge is 1.95. The quantitative estimate of drug-likeness (QED) is 0.801. The Kier molecular flexibility index (Phi) is 3.37. The maximum Gasteiger partial charge on any atom is 0.115 e. The number of hydrogen-bond acceptors (Lipinski definition) is 3. The topological polar surface area (TPSA) is 32.6 Å². The van der Waals surface area contributed by atoms with Crippen LogP contribution in [0.25, 0.3) is 0 Å². The summed E-state index contributed by atoms with van der Waals surface area (Å²) < 4.78 is 0. The van der Waals surface area contributed by atoms with Crippen LogP contribution in [0.3, 0.4) is 0 Å². The molecule has 1 aromatic carbocycles. The van der Waals surface area contributed by atoms with Gasteiger partial charge in [-0.2, -0.15) is 0 Å². The molecule has 0 bridgehead atoms. The molecule has 0 unspecified atom stereocenters. The lowest BCUT2D eigenvalue weighted by Crippen LogP contribution is -1.71. The molecule has 1 aromatic heterocycles. The molecule has 0 radical (unpaired) electrons. The average Bonchev–Trinajstić information content (AvgIpc) is 2.76. The predicted molar refractivity (Wildman–Crippen MR) is 69.1 cm³/mol. The zero-order chi connectivity index (χ0) is 11.4. The largest absolute Gasteiger partial charge is 0.508 e. The Morgan fingerprint density at radius 3 is 2.56 bits per heavy atom. The monoisotopic (exact) mass is 231 g/mol. The van der Waals surface area contributed by atoms with E-state index in [4.69, 9.17) is 5.11 Å². The van der Waals surface area contributed by atoms with E-state index in [0.29, 0.717) is 0 Å². The Morgan fingerprint density at radius 2 is 1.94 bits per heavy atom. The zero-order valence-electron chi connectivity index (χ0n) is 9.05. The van der Waals surface area contributed by atoms with Crippen molar-refractivity contribution in [2.45, 2.75) is 13.3 Å². The molecule has 0 spiro atoms. The first kappa shape index (κ1) is 10.9. The normalized spacial score (nSPS) is 11.1. The molecule has 0 saturated carbocycles. The number of benzene rings is 1. The van der Waals surface area contributed by atoms with Gasteiger partial charge in [-0.1, -0.05) is 6.92 Å². The Bertz CT molecular complexity index is 485. The molecular weight excluding hydrogens is 218 g/mol. The van der Waals surface area contributed by atoms with Crippen molar-refractivity contribution < 1.29 is 5.11 Å². The highest BCUT2D eigenvalue weighted by molar-refractivity contribution is 7.13. The molecule has 0 fully saturated rings. The maximum absolute atomic E-state index is 9.13. The number of rotatable bonds is 3. The van der Waals surface area contributed by atoms with Gasteiger partial charge in [0.25, 0.3) is 0 Å². The molecule has 0 aliphatic carbocycles. The van der Waals surface area contributed by atoms with Crippen LogP contribution >= 0.6 is 11.3 Å². The molecule has 2 rings (SSSR count). The van der Waals surface area contributed by atoms with E-state index in [-0.39, 0.29) is 5.75 Å². The minimum Gasteiger partial charge on any atom is -0.508 e. The minimum atomic E-state index is 0.267. The van der Waals surface area contributed by atoms with Crippen molar-refractivity contribution in [3.8, 4) is 5.75 Å². The van der Waals surface area contributed by atoms with Crippen molar-refractivity contribution in [1.29, 1.82) is 0 Å². The third-order valence-electron chi connectivity index (χ3n) is 2.22. The van der Waals surface area contributed by atoms with Gasteiger partial charge in [-0.3, -0.25) is 4.99 Å². The predicted octanol–water partition coefficient (Wildman–Crippen LogP) is 3.77. The molecule has 16 heavy (non-hydrogen) atoms. The highest BCUT2D eigenvalue weighted by atomic mass is 32.1. The molecule has 0 amide bonds. The molecule has 0 aliphatic heterocycles. The van der Waals surface area contributed by atoms with Crippen LogP contribution < -0.4 is 0 Å². The Labute approximate surface area is 98.9 Å². The smallest absolute Gasteiger partial charge is 0.115 e. The van der Waals surface area contributed by atoms with E-state index in [1.165, 1.54) is 4.88 Å². The third-order valence-corrected chi connectivity index (χ3v) is 3.39. The second kappa shape index (κ2) is 4.94. The van der Waals surface area contributed by atoms with Crippen LogP contribution in [0.5, 0.6) is 5.75 Å². The molecule has 3 heteroatoms. The maximum atomic E-state index is 9.13. The summed E-state index contributed by atoms with van der Waals surface area (Å²) in [6.45, 7) is 2.15. The summed E-state index contributed by atoms with van der Waals surface area (Å²) in [7, 11) is 0. The summed E-state index contributed by atoms with van der Waals surface area (Å²) in [4.78, 5) is 6.86. The first-order valence-electron chi connectivity index (χ1n) is 5.20. The minimum absolute atomic E-state index is 0.267. The van der Waals surface area contributed by atoms with Crippen LogP contribution in [0.15, 0.2) is 41.4 Å². The molecule has 1 N–H and O–H groups in total. The van der Waals surface area contributed by atoms with Crippen molar-refractivity contribution in [1.82, 2.24) is 0 Å². The Hall–Kier alpha value is -1.61. The lowest BCUT2D eigenvalue weighted by Gasteiger charge is -1.92. The number of phenolic OH excluding ortho intramolecular Hbond substituents is 1. The van der Waals surface area contributed by atoms with Crippen molar-refractivity contribution in [3.05, 3.63) is 46.2 Å². The van der Waals surface area contributed by atoms with E-state index in [2.05, 4.69) is 24.0 Å². The van der Waals surface area contributed by atoms with Gasteiger partial charge in [-0.05, 0) is 42.8 Å². The second-order valence-electron chi connectivity index (χ2n) is 3.43. The first-order valence-corrected chi connectivity index (χ1v) is 6.01. The molecule has 0 aliphatic rings. The number of aromatic hydroxyl groups is 1. The number of nitrogens with zero attached hydrogens (tertiary/aromatic N) is 1. The number of thiophene rings is 1. The highest BCUT2D eigenvalue weighted by Crippen LogP contribution is 2.19. The van der Waals surface area contributed by atoms with Gasteiger partial charge in [-0.25, -0.2) is 0 Å². The van der Waals surface area contributed by atoms with Crippen LogP contribution in [0.4, 0.5) is 5.69 Å². The van der Waals surface area contributed by atoms with Crippen LogP contribution in [0.1, 0.15) is 16.7 Å². The first-order chi connectivity index (χ1) is 7.78. The molecule has 2 nitrogen and oxygen atoms in total. The lowest BCUT2D eigenvalue weighted by molar-refractivity contribution is 0.475. The van der Waals surface area contributed by atoms with Crippen LogP contribution in [0, 0.1) is 0 Å². The summed E-state index contributed by atoms with van der Waals surface area (Å²) in [6.07, 6.45) is 2.92. The summed E-state index contributed by atoms with van der Waals surface area (Å²) in [5.74, 6) is 0.267. The molecule has 1 heterocycles. The second-order valence-corrected chi connectivity index (χ2v) is 4.63. The third kappa shape index (κ3) is 2.70. The number of aliphatic imine (C=N–C) groups is 1. The van der Waals surface area contributed by atoms with Gasteiger partial charge in [0, 0.05) is 16.0 Å². The number of aryl methyl sites for hydroxylation is 1. The van der Waals surface area contributed by atoms with Crippen LogP contribution in [0.2, 0.25) is 0 Å². The van der Waals surface area contributed by atoms with Crippen molar-refractivity contribution >= 4 is 23.2 Å². The van der Waals surface area contributed by atoms with Crippen molar-refractivity contribution in [2.24, 2.45) is 4.99 Å². The molecular formula is C13H13NOS. The van der Waals surface area contributed by atoms with E-state index in [9.17, 15) is 0 Å². The van der Waals surface area contributed by atoms with E-state index in [0.717, 1.165) is 17.0 Å². The number of hydrogen-bond donors (Lipinski definition) is 1. The van der Waals surface area contributed by atoms with Crippen molar-refractivity contribution in [3.63, 3.8) is 0 Å². The number of phenols is 1. The van der Waals surface area contributed by atoms with Gasteiger partial charge in [0.2, 0.25) is 0 Å². The van der Waals surface area contributed by atoms with E-state index in [1.807, 2.05) is 6.21 Å². The summed E-state index contributed by atoms with van der Waals surface area (Å²) in [5.41, 5.74) is 0.851. The van der Waals surface area contributed by atoms with Gasteiger partial charge < -0.3 is 5.11 Å². The summed E-state index contributed by atoms with van der Waals surface area (Å²) in [5, 5.41) is 9.13. The van der Waals surface area contributed by atoms with Gasteiger partial charge in [0.1, 0.15) is 5.75 Å². The SMILES string of the molecule is CCc1ccc(C=Nc2ccc(O)cc2)s1. The summed E-state index contributed by atoms with van der Waals surface area (Å²) in [6, 6.07) is 11.1. The van der Waals surface area contributed by atoms with Crippen molar-refractivity contribution in [2.75, 3.05) is 0 Å². The fourth-order valence-electron chi connectivity index (χ4n) is 1.33. The van der Waals surface area contributed by atoms with Crippen LogP contribution in [-0.2, 0) is 6.42 Å². The van der Waals surface area contributed by atoms with Gasteiger partial charge in [-0.15, -0.1) is 11.3 Å². The Balaban J connectivity index is 2.11. The Morgan fingerprint density at radius 1 is 1.19 bits per heavy atom. The standard InChI is InChI=1S/C13H13NOS/c1-2-12-7-8-13(16-12)9-14-10-3-5-11(15)6-4-10/h3-9,15H,2H2,1H3. The average molecular weight is 231 g/mol. The van der Waals surface area contributed by atoms with Gasteiger partial charge in [0.05, 0.1) is 5.69 Å². The van der Waals surface area contributed by atoms with E-state index < -0.39 is 0 Å². The fourth-order valence-corrected chi connectivity index (χ4v) is 2.16. The summed E-state index contributed by atoms with van der Waals surface area (Å²) >= 11 is 1.76. The molecule has 82 valence electrons. The molecule has 2 aromatic rings. The van der Waals surface area contributed by atoms with Gasteiger partial charge >= 0.3 is 0 Å². The molecule has 0 saturated heterocycles. The zero-order valence-corrected chi connectivity index (χ0v) is 9.87. The van der Waals surface area contributed by atoms with E-state index in [1.54, 1.807) is 35.6 Å². The van der Waals surface area contributed by atoms with Gasteiger partial charge in [0.15, 0.2) is 0 Å². The lowest BCUT2D eigenvalue weighted by atomic mass is 10.3. The van der Waals surface area contributed by atoms with Crippen LogP contribution in [-0.4, -0.2) is 11.3 Å².